The van der Waals surface area contributed by atoms with E-state index < -0.39 is 0 Å². The quantitative estimate of drug-likeness (QED) is 0.771. The summed E-state index contributed by atoms with van der Waals surface area (Å²) in [7, 11) is 0. The molecule has 82 valence electrons. The van der Waals surface area contributed by atoms with Crippen molar-refractivity contribution in [2.24, 2.45) is 5.73 Å². The first-order valence-corrected chi connectivity index (χ1v) is 5.16. The fourth-order valence-corrected chi connectivity index (χ4v) is 1.99. The van der Waals surface area contributed by atoms with Gasteiger partial charge < -0.3 is 10.5 Å². The Hall–Kier alpha value is -1.09. The molecular formula is C12H16FNO. The van der Waals surface area contributed by atoms with Crippen LogP contribution in [0.2, 0.25) is 0 Å². The molecule has 1 aliphatic rings. The van der Waals surface area contributed by atoms with E-state index in [9.17, 15) is 4.39 Å². The Morgan fingerprint density at radius 3 is 2.73 bits per heavy atom. The maximum atomic E-state index is 13.6. The Morgan fingerprint density at radius 1 is 1.47 bits per heavy atom. The summed E-state index contributed by atoms with van der Waals surface area (Å²) in [6.45, 7) is 5.78. The lowest BCUT2D eigenvalue weighted by atomic mass is 9.98. The van der Waals surface area contributed by atoms with Crippen molar-refractivity contribution in [1.82, 2.24) is 0 Å². The average molecular weight is 209 g/mol. The van der Waals surface area contributed by atoms with Gasteiger partial charge in [0, 0.05) is 24.1 Å². The number of benzene rings is 1. The van der Waals surface area contributed by atoms with Crippen LogP contribution in [0.25, 0.3) is 0 Å². The maximum absolute atomic E-state index is 13.6. The second kappa shape index (κ2) is 3.20. The number of nitrogens with two attached hydrogens (primary N) is 1. The van der Waals surface area contributed by atoms with E-state index in [0.29, 0.717) is 11.3 Å². The molecule has 2 rings (SSSR count). The first-order valence-electron chi connectivity index (χ1n) is 5.16. The van der Waals surface area contributed by atoms with E-state index in [-0.39, 0.29) is 17.5 Å². The van der Waals surface area contributed by atoms with E-state index >= 15 is 0 Å². The monoisotopic (exact) mass is 209 g/mol. The van der Waals surface area contributed by atoms with Gasteiger partial charge in [0.15, 0.2) is 0 Å². The summed E-state index contributed by atoms with van der Waals surface area (Å²) in [5, 5.41) is 0. The third kappa shape index (κ3) is 1.84. The highest BCUT2D eigenvalue weighted by Crippen LogP contribution is 2.37. The molecule has 1 atom stereocenters. The minimum atomic E-state index is -0.279. The molecule has 2 N–H and O–H groups in total. The molecule has 2 nitrogen and oxygen atoms in total. The summed E-state index contributed by atoms with van der Waals surface area (Å²) in [4.78, 5) is 0. The van der Waals surface area contributed by atoms with Gasteiger partial charge in [-0.1, -0.05) is 0 Å². The van der Waals surface area contributed by atoms with Gasteiger partial charge >= 0.3 is 0 Å². The normalized spacial score (nSPS) is 19.5. The lowest BCUT2D eigenvalue weighted by Gasteiger charge is -2.16. The van der Waals surface area contributed by atoms with Crippen LogP contribution in [0.3, 0.4) is 0 Å². The molecule has 0 aliphatic carbocycles. The summed E-state index contributed by atoms with van der Waals surface area (Å²) >= 11 is 0. The molecule has 1 aromatic carbocycles. The fourth-order valence-electron chi connectivity index (χ4n) is 1.99. The molecule has 0 radical (unpaired) electrons. The molecule has 1 unspecified atom stereocenters. The minimum Gasteiger partial charge on any atom is -0.487 e. The standard InChI is InChI=1S/C12H16FNO/c1-7(14)9-4-8-6-12(2,3)15-11(8)5-10(9)13/h4-5,7H,6,14H2,1-3H3. The smallest absolute Gasteiger partial charge is 0.131 e. The first-order chi connectivity index (χ1) is 6.89. The van der Waals surface area contributed by atoms with Gasteiger partial charge in [0.25, 0.3) is 0 Å². The largest absolute Gasteiger partial charge is 0.487 e. The zero-order valence-corrected chi connectivity index (χ0v) is 9.30. The summed E-state index contributed by atoms with van der Waals surface area (Å²) in [6, 6.07) is 2.99. The van der Waals surface area contributed by atoms with Gasteiger partial charge in [-0.05, 0) is 32.4 Å². The fraction of sp³-hybridized carbons (Fsp3) is 0.500. The van der Waals surface area contributed by atoms with Crippen LogP contribution in [0.15, 0.2) is 12.1 Å². The van der Waals surface area contributed by atoms with Crippen molar-refractivity contribution in [3.05, 3.63) is 29.1 Å². The third-order valence-corrected chi connectivity index (χ3v) is 2.67. The third-order valence-electron chi connectivity index (χ3n) is 2.67. The van der Waals surface area contributed by atoms with Crippen LogP contribution in [-0.4, -0.2) is 5.60 Å². The molecule has 0 aromatic heterocycles. The number of hydrogen-bond donors (Lipinski definition) is 1. The van der Waals surface area contributed by atoms with E-state index in [1.807, 2.05) is 19.9 Å². The Balaban J connectivity index is 2.45. The number of rotatable bonds is 1. The summed E-state index contributed by atoms with van der Waals surface area (Å²) < 4.78 is 19.2. The second-order valence-electron chi connectivity index (χ2n) is 4.81. The van der Waals surface area contributed by atoms with Crippen LogP contribution in [0.1, 0.15) is 37.9 Å². The van der Waals surface area contributed by atoms with Crippen molar-refractivity contribution < 1.29 is 9.13 Å². The van der Waals surface area contributed by atoms with Gasteiger partial charge in [0.1, 0.15) is 17.2 Å². The Kier molecular flexibility index (Phi) is 2.23. The molecule has 0 saturated heterocycles. The van der Waals surface area contributed by atoms with Crippen molar-refractivity contribution in [2.45, 2.75) is 38.8 Å². The Labute approximate surface area is 89.2 Å². The lowest BCUT2D eigenvalue weighted by Crippen LogP contribution is -2.24. The van der Waals surface area contributed by atoms with Gasteiger partial charge in [0.2, 0.25) is 0 Å². The highest BCUT2D eigenvalue weighted by atomic mass is 19.1. The molecule has 1 aliphatic heterocycles. The number of hydrogen-bond acceptors (Lipinski definition) is 2. The molecule has 1 aromatic rings. The van der Waals surface area contributed by atoms with E-state index in [2.05, 4.69) is 0 Å². The molecule has 15 heavy (non-hydrogen) atoms. The summed E-state index contributed by atoms with van der Waals surface area (Å²) in [5.74, 6) is 0.378. The molecular weight excluding hydrogens is 193 g/mol. The maximum Gasteiger partial charge on any atom is 0.131 e. The molecule has 0 fully saturated rings. The van der Waals surface area contributed by atoms with Gasteiger partial charge in [-0.3, -0.25) is 0 Å². The van der Waals surface area contributed by atoms with Crippen LogP contribution in [-0.2, 0) is 6.42 Å². The SMILES string of the molecule is CC(N)c1cc2c(cc1F)OC(C)(C)C2. The molecule has 0 spiro atoms. The van der Waals surface area contributed by atoms with Crippen LogP contribution >= 0.6 is 0 Å². The van der Waals surface area contributed by atoms with Crippen molar-refractivity contribution >= 4 is 0 Å². The van der Waals surface area contributed by atoms with Gasteiger partial charge in [-0.15, -0.1) is 0 Å². The van der Waals surface area contributed by atoms with Crippen molar-refractivity contribution in [1.29, 1.82) is 0 Å². The highest BCUT2D eigenvalue weighted by molar-refractivity contribution is 5.43. The van der Waals surface area contributed by atoms with Crippen molar-refractivity contribution in [3.8, 4) is 5.75 Å². The van der Waals surface area contributed by atoms with Crippen LogP contribution in [0.5, 0.6) is 5.75 Å². The lowest BCUT2D eigenvalue weighted by molar-refractivity contribution is 0.138. The minimum absolute atomic E-state index is 0.231. The molecule has 0 bridgehead atoms. The van der Waals surface area contributed by atoms with Gasteiger partial charge in [0.05, 0.1) is 0 Å². The van der Waals surface area contributed by atoms with E-state index in [0.717, 1.165) is 12.0 Å². The average Bonchev–Trinajstić information content (AvgIpc) is 2.36. The second-order valence-corrected chi connectivity index (χ2v) is 4.81. The highest BCUT2D eigenvalue weighted by Gasteiger charge is 2.31. The van der Waals surface area contributed by atoms with Crippen molar-refractivity contribution in [3.63, 3.8) is 0 Å². The number of halogens is 1. The van der Waals surface area contributed by atoms with E-state index in [4.69, 9.17) is 10.5 Å². The topological polar surface area (TPSA) is 35.2 Å². The molecule has 3 heteroatoms. The van der Waals surface area contributed by atoms with Crippen LogP contribution in [0, 0.1) is 5.82 Å². The molecule has 1 heterocycles. The first kappa shape index (κ1) is 10.4. The number of ether oxygens (including phenoxy) is 1. The Bertz CT molecular complexity index is 399. The Morgan fingerprint density at radius 2 is 2.13 bits per heavy atom. The van der Waals surface area contributed by atoms with Crippen LogP contribution < -0.4 is 10.5 Å². The molecule has 0 saturated carbocycles. The van der Waals surface area contributed by atoms with E-state index in [1.165, 1.54) is 6.07 Å². The summed E-state index contributed by atoms with van der Waals surface area (Å²) in [5.41, 5.74) is 7.08. The van der Waals surface area contributed by atoms with Crippen LogP contribution in [0.4, 0.5) is 4.39 Å². The predicted octanol–water partition coefficient (Wildman–Crippen LogP) is 2.56. The summed E-state index contributed by atoms with van der Waals surface area (Å²) in [6.07, 6.45) is 0.808. The van der Waals surface area contributed by atoms with Gasteiger partial charge in [-0.25, -0.2) is 4.39 Å². The zero-order chi connectivity index (χ0) is 11.2. The van der Waals surface area contributed by atoms with Crippen molar-refractivity contribution in [2.75, 3.05) is 0 Å². The molecule has 0 amide bonds. The van der Waals surface area contributed by atoms with Gasteiger partial charge in [-0.2, -0.15) is 0 Å². The number of fused-ring (bicyclic) bond motifs is 1. The van der Waals surface area contributed by atoms with E-state index in [1.54, 1.807) is 6.92 Å². The zero-order valence-electron chi connectivity index (χ0n) is 9.30. The predicted molar refractivity (Wildman–Crippen MR) is 57.4 cm³/mol.